The Morgan fingerprint density at radius 1 is 1.08 bits per heavy atom. The summed E-state index contributed by atoms with van der Waals surface area (Å²) in [5.74, 6) is -0.390. The Labute approximate surface area is 142 Å². The number of nitrogens with one attached hydrogen (secondary N) is 2. The van der Waals surface area contributed by atoms with E-state index in [1.54, 1.807) is 26.2 Å². The second kappa shape index (κ2) is 9.84. The first kappa shape index (κ1) is 19.9. The third-order valence-electron chi connectivity index (χ3n) is 3.05. The Bertz CT molecular complexity index is 670. The van der Waals surface area contributed by atoms with Gasteiger partial charge in [0.1, 0.15) is 0 Å². The largest absolute Gasteiger partial charge is 0.356 e. The van der Waals surface area contributed by atoms with Crippen LogP contribution in [-0.4, -0.2) is 52.3 Å². The molecule has 0 aromatic heterocycles. The van der Waals surface area contributed by atoms with E-state index in [0.29, 0.717) is 0 Å². The predicted molar refractivity (Wildman–Crippen MR) is 93.3 cm³/mol. The van der Waals surface area contributed by atoms with Crippen LogP contribution in [0.2, 0.25) is 0 Å². The summed E-state index contributed by atoms with van der Waals surface area (Å²) in [4.78, 5) is 24.3. The lowest BCUT2D eigenvalue weighted by molar-refractivity contribution is -0.128. The molecule has 0 spiro atoms. The van der Waals surface area contributed by atoms with Gasteiger partial charge in [0.05, 0.1) is 0 Å². The first-order valence-electron chi connectivity index (χ1n) is 7.50. The summed E-state index contributed by atoms with van der Waals surface area (Å²) in [6.07, 6.45) is 1.70. The maximum Gasteiger partial charge on any atom is 0.233 e. The fourth-order valence-electron chi connectivity index (χ4n) is 1.71. The van der Waals surface area contributed by atoms with Gasteiger partial charge in [-0.3, -0.25) is 9.59 Å². The number of hydrogen-bond donors (Lipinski definition) is 2. The van der Waals surface area contributed by atoms with Crippen molar-refractivity contribution in [2.75, 3.05) is 27.2 Å². The molecule has 0 saturated carbocycles. The SMILES string of the molecule is CN(C)C(=O)CCNC(=O)CCNS(=O)(=O)C=Cc1ccccc1. The van der Waals surface area contributed by atoms with Crippen molar-refractivity contribution in [1.29, 1.82) is 0 Å². The Balaban J connectivity index is 2.29. The van der Waals surface area contributed by atoms with E-state index in [0.717, 1.165) is 11.0 Å². The van der Waals surface area contributed by atoms with Crippen LogP contribution >= 0.6 is 0 Å². The first-order chi connectivity index (χ1) is 11.3. The number of carbonyl (C=O) groups is 2. The zero-order chi connectivity index (χ0) is 18.0. The van der Waals surface area contributed by atoms with Crippen molar-refractivity contribution in [2.24, 2.45) is 0 Å². The molecule has 2 amide bonds. The van der Waals surface area contributed by atoms with Gasteiger partial charge in [0.15, 0.2) is 0 Å². The molecule has 0 bridgehead atoms. The average molecular weight is 353 g/mol. The highest BCUT2D eigenvalue weighted by atomic mass is 32.2. The number of benzene rings is 1. The highest BCUT2D eigenvalue weighted by molar-refractivity contribution is 7.92. The lowest BCUT2D eigenvalue weighted by Gasteiger charge is -2.10. The van der Waals surface area contributed by atoms with Crippen molar-refractivity contribution in [3.8, 4) is 0 Å². The molecular weight excluding hydrogens is 330 g/mol. The summed E-state index contributed by atoms with van der Waals surface area (Å²) in [5.41, 5.74) is 0.770. The van der Waals surface area contributed by atoms with E-state index in [2.05, 4.69) is 10.0 Å². The Morgan fingerprint density at radius 3 is 2.38 bits per heavy atom. The predicted octanol–water partition coefficient (Wildman–Crippen LogP) is 0.561. The standard InChI is InChI=1S/C16H23N3O4S/c1-19(2)16(21)9-11-17-15(20)8-12-18-24(22,23)13-10-14-6-4-3-5-7-14/h3-7,10,13,18H,8-9,11-12H2,1-2H3,(H,17,20). The summed E-state index contributed by atoms with van der Waals surface area (Å²) in [6.45, 7) is 0.228. The van der Waals surface area contributed by atoms with Gasteiger partial charge in [0.2, 0.25) is 21.8 Å². The minimum atomic E-state index is -3.59. The van der Waals surface area contributed by atoms with Gasteiger partial charge in [-0.2, -0.15) is 0 Å². The van der Waals surface area contributed by atoms with Crippen LogP contribution in [0, 0.1) is 0 Å². The van der Waals surface area contributed by atoms with Crippen molar-refractivity contribution >= 4 is 27.9 Å². The van der Waals surface area contributed by atoms with Crippen LogP contribution in [0.4, 0.5) is 0 Å². The third-order valence-corrected chi connectivity index (χ3v) is 4.16. The van der Waals surface area contributed by atoms with E-state index in [-0.39, 0.29) is 37.7 Å². The molecule has 0 heterocycles. The highest BCUT2D eigenvalue weighted by Crippen LogP contribution is 2.02. The zero-order valence-corrected chi connectivity index (χ0v) is 14.7. The van der Waals surface area contributed by atoms with Gasteiger partial charge >= 0.3 is 0 Å². The topological polar surface area (TPSA) is 95.6 Å². The molecule has 0 aliphatic rings. The van der Waals surface area contributed by atoms with Crippen molar-refractivity contribution < 1.29 is 18.0 Å². The van der Waals surface area contributed by atoms with Crippen LogP contribution in [0.1, 0.15) is 18.4 Å². The number of rotatable bonds is 9. The first-order valence-corrected chi connectivity index (χ1v) is 9.04. The van der Waals surface area contributed by atoms with E-state index in [1.165, 1.54) is 11.0 Å². The summed E-state index contributed by atoms with van der Waals surface area (Å²) in [5, 5.41) is 3.64. The quantitative estimate of drug-likeness (QED) is 0.678. The fraction of sp³-hybridized carbons (Fsp3) is 0.375. The number of carbonyl (C=O) groups excluding carboxylic acids is 2. The van der Waals surface area contributed by atoms with Gasteiger partial charge in [-0.1, -0.05) is 30.3 Å². The van der Waals surface area contributed by atoms with Crippen LogP contribution in [0.3, 0.4) is 0 Å². The number of nitrogens with zero attached hydrogens (tertiary/aromatic N) is 1. The molecule has 132 valence electrons. The fourth-order valence-corrected chi connectivity index (χ4v) is 2.53. The minimum Gasteiger partial charge on any atom is -0.356 e. The summed E-state index contributed by atoms with van der Waals surface area (Å²) >= 11 is 0. The van der Waals surface area contributed by atoms with Crippen molar-refractivity contribution in [3.05, 3.63) is 41.3 Å². The van der Waals surface area contributed by atoms with Gasteiger partial charge in [0, 0.05) is 45.4 Å². The number of amides is 2. The molecular formula is C16H23N3O4S. The van der Waals surface area contributed by atoms with Crippen molar-refractivity contribution in [2.45, 2.75) is 12.8 Å². The molecule has 0 radical (unpaired) electrons. The molecule has 24 heavy (non-hydrogen) atoms. The van der Waals surface area contributed by atoms with Gasteiger partial charge in [-0.05, 0) is 11.6 Å². The molecule has 0 aliphatic heterocycles. The van der Waals surface area contributed by atoms with E-state index in [1.807, 2.05) is 18.2 Å². The normalized spacial score (nSPS) is 11.4. The van der Waals surface area contributed by atoms with Gasteiger partial charge < -0.3 is 10.2 Å². The molecule has 2 N–H and O–H groups in total. The average Bonchev–Trinajstić information content (AvgIpc) is 2.53. The molecule has 1 rings (SSSR count). The summed E-state index contributed by atoms with van der Waals surface area (Å²) in [6, 6.07) is 9.04. The van der Waals surface area contributed by atoms with Gasteiger partial charge in [-0.15, -0.1) is 0 Å². The molecule has 1 aromatic rings. The Hall–Kier alpha value is -2.19. The Kier molecular flexibility index (Phi) is 8.14. The monoisotopic (exact) mass is 353 g/mol. The smallest absolute Gasteiger partial charge is 0.233 e. The molecule has 0 unspecified atom stereocenters. The van der Waals surface area contributed by atoms with Crippen LogP contribution in [0.5, 0.6) is 0 Å². The molecule has 8 heteroatoms. The van der Waals surface area contributed by atoms with E-state index in [4.69, 9.17) is 0 Å². The molecule has 0 atom stereocenters. The lowest BCUT2D eigenvalue weighted by atomic mass is 10.2. The van der Waals surface area contributed by atoms with E-state index >= 15 is 0 Å². The van der Waals surface area contributed by atoms with Crippen LogP contribution in [-0.2, 0) is 19.6 Å². The molecule has 0 fully saturated rings. The van der Waals surface area contributed by atoms with Crippen LogP contribution in [0.15, 0.2) is 35.7 Å². The van der Waals surface area contributed by atoms with Gasteiger partial charge in [-0.25, -0.2) is 13.1 Å². The van der Waals surface area contributed by atoms with E-state index < -0.39 is 10.0 Å². The maximum absolute atomic E-state index is 11.8. The molecule has 0 aliphatic carbocycles. The maximum atomic E-state index is 11.8. The lowest BCUT2D eigenvalue weighted by Crippen LogP contribution is -2.32. The highest BCUT2D eigenvalue weighted by Gasteiger charge is 2.08. The third kappa shape index (κ3) is 8.44. The number of sulfonamides is 1. The summed E-state index contributed by atoms with van der Waals surface area (Å²) < 4.78 is 25.9. The Morgan fingerprint density at radius 2 is 1.75 bits per heavy atom. The second-order valence-corrected chi connectivity index (χ2v) is 6.94. The van der Waals surface area contributed by atoms with Gasteiger partial charge in [0.25, 0.3) is 0 Å². The number of hydrogen-bond acceptors (Lipinski definition) is 4. The molecule has 0 saturated heterocycles. The minimum absolute atomic E-state index is 0.00504. The van der Waals surface area contributed by atoms with Crippen LogP contribution in [0.25, 0.3) is 6.08 Å². The van der Waals surface area contributed by atoms with E-state index in [9.17, 15) is 18.0 Å². The second-order valence-electron chi connectivity index (χ2n) is 5.29. The van der Waals surface area contributed by atoms with Crippen molar-refractivity contribution in [3.63, 3.8) is 0 Å². The molecule has 7 nitrogen and oxygen atoms in total. The zero-order valence-electron chi connectivity index (χ0n) is 13.9. The molecule has 1 aromatic carbocycles. The summed E-state index contributed by atoms with van der Waals surface area (Å²) in [7, 11) is -0.310. The van der Waals surface area contributed by atoms with Crippen LogP contribution < -0.4 is 10.0 Å². The van der Waals surface area contributed by atoms with Crippen molar-refractivity contribution in [1.82, 2.24) is 14.9 Å².